The molecule has 1 saturated heterocycles. The Hall–Kier alpha value is -0.650. The summed E-state index contributed by atoms with van der Waals surface area (Å²) in [6.45, 7) is 8.29. The number of hydrogen-bond donors (Lipinski definition) is 1. The van der Waals surface area contributed by atoms with Gasteiger partial charge in [-0.2, -0.15) is 0 Å². The fraction of sp³-hybridized carbons (Fsp3) is 0.917. The fourth-order valence-corrected chi connectivity index (χ4v) is 1.98. The summed E-state index contributed by atoms with van der Waals surface area (Å²) in [7, 11) is 0. The van der Waals surface area contributed by atoms with Crippen molar-refractivity contribution in [3.63, 3.8) is 0 Å². The normalized spacial score (nSPS) is 20.9. The molecule has 1 rings (SSSR count). The van der Waals surface area contributed by atoms with E-state index in [1.165, 1.54) is 0 Å². The molecule has 0 spiro atoms. The average molecular weight is 244 g/mol. The maximum absolute atomic E-state index is 12.0. The number of carbonyl (C=O) groups is 1. The minimum Gasteiger partial charge on any atom is -0.396 e. The van der Waals surface area contributed by atoms with Gasteiger partial charge in [-0.15, -0.1) is 0 Å². The molecule has 1 unspecified atom stereocenters. The third-order valence-corrected chi connectivity index (χ3v) is 3.03. The lowest BCUT2D eigenvalue weighted by molar-refractivity contribution is -0.139. The second-order valence-electron chi connectivity index (χ2n) is 4.47. The molecular formula is C12H24N2O3. The molecule has 5 heteroatoms. The zero-order valence-electron chi connectivity index (χ0n) is 10.9. The first-order valence-electron chi connectivity index (χ1n) is 6.40. The van der Waals surface area contributed by atoms with E-state index in [4.69, 9.17) is 9.84 Å². The molecular weight excluding hydrogens is 220 g/mol. The summed E-state index contributed by atoms with van der Waals surface area (Å²) in [6, 6.07) is 0. The molecule has 0 aromatic rings. The van der Waals surface area contributed by atoms with Gasteiger partial charge in [0.1, 0.15) is 0 Å². The molecule has 1 N–H and O–H groups in total. The smallest absolute Gasteiger partial charge is 0.236 e. The largest absolute Gasteiger partial charge is 0.396 e. The number of aliphatic hydroxyl groups excluding tert-OH is 1. The van der Waals surface area contributed by atoms with Crippen LogP contribution in [0.15, 0.2) is 0 Å². The number of rotatable bonds is 6. The van der Waals surface area contributed by atoms with Gasteiger partial charge in [0.2, 0.25) is 5.91 Å². The number of ether oxygens (including phenoxy) is 1. The van der Waals surface area contributed by atoms with Crippen molar-refractivity contribution < 1.29 is 14.6 Å². The highest BCUT2D eigenvalue weighted by atomic mass is 16.5. The predicted octanol–water partition coefficient (Wildman–Crippen LogP) is -0.0620. The van der Waals surface area contributed by atoms with Gasteiger partial charge in [0, 0.05) is 26.2 Å². The van der Waals surface area contributed by atoms with Crippen molar-refractivity contribution in [2.75, 3.05) is 45.9 Å². The number of amides is 1. The molecule has 1 aliphatic rings. The molecule has 1 aliphatic heterocycles. The van der Waals surface area contributed by atoms with E-state index in [0.29, 0.717) is 26.2 Å². The van der Waals surface area contributed by atoms with Gasteiger partial charge >= 0.3 is 0 Å². The van der Waals surface area contributed by atoms with Gasteiger partial charge in [-0.25, -0.2) is 0 Å². The van der Waals surface area contributed by atoms with E-state index < -0.39 is 0 Å². The summed E-state index contributed by atoms with van der Waals surface area (Å²) < 4.78 is 5.41. The van der Waals surface area contributed by atoms with Gasteiger partial charge in [-0.05, 0) is 19.9 Å². The van der Waals surface area contributed by atoms with E-state index in [1.807, 2.05) is 18.7 Å². The van der Waals surface area contributed by atoms with Crippen molar-refractivity contribution in [3.05, 3.63) is 0 Å². The van der Waals surface area contributed by atoms with E-state index in [1.54, 1.807) is 0 Å². The van der Waals surface area contributed by atoms with Crippen LogP contribution >= 0.6 is 0 Å². The van der Waals surface area contributed by atoms with E-state index >= 15 is 0 Å². The molecule has 1 amide bonds. The van der Waals surface area contributed by atoms with Gasteiger partial charge < -0.3 is 14.7 Å². The summed E-state index contributed by atoms with van der Waals surface area (Å²) in [5.74, 6) is 0.167. The molecule has 5 nitrogen and oxygen atoms in total. The van der Waals surface area contributed by atoms with Crippen LogP contribution in [0.1, 0.15) is 20.3 Å². The first-order valence-corrected chi connectivity index (χ1v) is 6.40. The zero-order valence-corrected chi connectivity index (χ0v) is 10.9. The number of carbonyl (C=O) groups excluding carboxylic acids is 1. The van der Waals surface area contributed by atoms with Crippen LogP contribution in [-0.4, -0.2) is 72.9 Å². The van der Waals surface area contributed by atoms with Crippen LogP contribution in [0.25, 0.3) is 0 Å². The molecule has 1 fully saturated rings. The van der Waals surface area contributed by atoms with Crippen molar-refractivity contribution in [1.29, 1.82) is 0 Å². The highest BCUT2D eigenvalue weighted by molar-refractivity contribution is 5.78. The van der Waals surface area contributed by atoms with Crippen LogP contribution in [0.2, 0.25) is 0 Å². The second kappa shape index (κ2) is 7.63. The highest BCUT2D eigenvalue weighted by Crippen LogP contribution is 2.05. The minimum absolute atomic E-state index is 0.139. The molecule has 0 aromatic carbocycles. The summed E-state index contributed by atoms with van der Waals surface area (Å²) in [5, 5.41) is 8.79. The number of likely N-dealkylation sites (N-methyl/N-ethyl adjacent to an activating group) is 1. The number of hydrogen-bond acceptors (Lipinski definition) is 4. The lowest BCUT2D eigenvalue weighted by Crippen LogP contribution is -2.48. The number of aliphatic hydroxyl groups is 1. The molecule has 0 aromatic heterocycles. The molecule has 0 bridgehead atoms. The van der Waals surface area contributed by atoms with Crippen molar-refractivity contribution in [2.24, 2.45) is 0 Å². The summed E-state index contributed by atoms with van der Waals surface area (Å²) in [6.07, 6.45) is 0.862. The monoisotopic (exact) mass is 244 g/mol. The maximum atomic E-state index is 12.0. The Morgan fingerprint density at radius 3 is 2.94 bits per heavy atom. The molecule has 0 aliphatic carbocycles. The topological polar surface area (TPSA) is 53.0 Å². The quantitative estimate of drug-likeness (QED) is 0.711. The number of morpholine rings is 1. The molecule has 1 heterocycles. The van der Waals surface area contributed by atoms with E-state index in [2.05, 4.69) is 4.90 Å². The molecule has 0 saturated carbocycles. The van der Waals surface area contributed by atoms with E-state index in [0.717, 1.165) is 19.5 Å². The van der Waals surface area contributed by atoms with Crippen LogP contribution in [0, 0.1) is 0 Å². The molecule has 17 heavy (non-hydrogen) atoms. The SMILES string of the molecule is CCN(CCCO)CC(=O)N1CCOC(C)C1. The third-order valence-electron chi connectivity index (χ3n) is 3.03. The zero-order chi connectivity index (χ0) is 12.7. The van der Waals surface area contributed by atoms with Gasteiger partial charge in [0.05, 0.1) is 19.3 Å². The maximum Gasteiger partial charge on any atom is 0.236 e. The Morgan fingerprint density at radius 1 is 1.59 bits per heavy atom. The van der Waals surface area contributed by atoms with Gasteiger partial charge in [-0.3, -0.25) is 9.69 Å². The summed E-state index contributed by atoms with van der Waals surface area (Å²) in [4.78, 5) is 16.0. The molecule has 0 radical (unpaired) electrons. The fourth-order valence-electron chi connectivity index (χ4n) is 1.98. The Labute approximate surface area is 103 Å². The summed E-state index contributed by atoms with van der Waals surface area (Å²) in [5.41, 5.74) is 0. The first kappa shape index (κ1) is 14.4. The highest BCUT2D eigenvalue weighted by Gasteiger charge is 2.22. The Balaban J connectivity index is 2.35. The van der Waals surface area contributed by atoms with Gasteiger partial charge in [-0.1, -0.05) is 6.92 Å². The van der Waals surface area contributed by atoms with Crippen molar-refractivity contribution in [1.82, 2.24) is 9.80 Å². The van der Waals surface area contributed by atoms with Crippen LogP contribution in [0.5, 0.6) is 0 Å². The number of nitrogens with zero attached hydrogens (tertiary/aromatic N) is 2. The lowest BCUT2D eigenvalue weighted by atomic mass is 10.3. The Bertz CT molecular complexity index is 236. The summed E-state index contributed by atoms with van der Waals surface area (Å²) >= 11 is 0. The molecule has 100 valence electrons. The van der Waals surface area contributed by atoms with Crippen LogP contribution < -0.4 is 0 Å². The Morgan fingerprint density at radius 2 is 2.35 bits per heavy atom. The lowest BCUT2D eigenvalue weighted by Gasteiger charge is -2.32. The third kappa shape index (κ3) is 5.02. The average Bonchev–Trinajstić information content (AvgIpc) is 2.34. The van der Waals surface area contributed by atoms with E-state index in [-0.39, 0.29) is 18.6 Å². The predicted molar refractivity (Wildman–Crippen MR) is 65.8 cm³/mol. The van der Waals surface area contributed by atoms with E-state index in [9.17, 15) is 4.79 Å². The molecule has 1 atom stereocenters. The Kier molecular flexibility index (Phi) is 6.47. The second-order valence-corrected chi connectivity index (χ2v) is 4.47. The van der Waals surface area contributed by atoms with Crippen molar-refractivity contribution in [3.8, 4) is 0 Å². The van der Waals surface area contributed by atoms with Crippen LogP contribution in [0.3, 0.4) is 0 Å². The van der Waals surface area contributed by atoms with Crippen molar-refractivity contribution in [2.45, 2.75) is 26.4 Å². The van der Waals surface area contributed by atoms with Crippen molar-refractivity contribution >= 4 is 5.91 Å². The van der Waals surface area contributed by atoms with Crippen LogP contribution in [0.4, 0.5) is 0 Å². The minimum atomic E-state index is 0.139. The van der Waals surface area contributed by atoms with Gasteiger partial charge in [0.15, 0.2) is 0 Å². The van der Waals surface area contributed by atoms with Crippen LogP contribution in [-0.2, 0) is 9.53 Å². The standard InChI is InChI=1S/C12H24N2O3/c1-3-13(5-4-7-15)10-12(16)14-6-8-17-11(2)9-14/h11,15H,3-10H2,1-2H3. The van der Waals surface area contributed by atoms with Gasteiger partial charge in [0.25, 0.3) is 0 Å². The first-order chi connectivity index (χ1) is 8.17.